The smallest absolute Gasteiger partial charge is 0.272 e. The van der Waals surface area contributed by atoms with Crippen LogP contribution in [-0.2, 0) is 0 Å². The molecule has 2 N–H and O–H groups in total. The van der Waals surface area contributed by atoms with Crippen LogP contribution in [0.15, 0.2) is 29.8 Å². The molecule has 1 saturated carbocycles. The molecule has 2 fully saturated rings. The molecule has 1 amide bonds. The number of aromatic amines is 1. The Morgan fingerprint density at radius 1 is 1.40 bits per heavy atom. The molecule has 3 unspecified atom stereocenters. The minimum Gasteiger partial charge on any atom is -0.348 e. The van der Waals surface area contributed by atoms with E-state index < -0.39 is 0 Å². The predicted molar refractivity (Wildman–Crippen MR) is 97.6 cm³/mol. The van der Waals surface area contributed by atoms with Gasteiger partial charge in [-0.25, -0.2) is 4.98 Å². The Morgan fingerprint density at radius 2 is 2.32 bits per heavy atom. The number of thiazole rings is 1. The zero-order valence-electron chi connectivity index (χ0n) is 13.9. The van der Waals surface area contributed by atoms with E-state index in [1.165, 1.54) is 6.42 Å². The van der Waals surface area contributed by atoms with Crippen molar-refractivity contribution < 1.29 is 4.79 Å². The lowest BCUT2D eigenvalue weighted by Crippen LogP contribution is -2.44. The first-order valence-electron chi connectivity index (χ1n) is 8.58. The Morgan fingerprint density at radius 3 is 3.04 bits per heavy atom. The van der Waals surface area contributed by atoms with Gasteiger partial charge in [-0.15, -0.1) is 11.3 Å². The summed E-state index contributed by atoms with van der Waals surface area (Å²) in [6.07, 6.45) is 4.03. The van der Waals surface area contributed by atoms with Crippen molar-refractivity contribution in [2.24, 2.45) is 5.92 Å². The van der Waals surface area contributed by atoms with Gasteiger partial charge in [0.25, 0.3) is 5.91 Å². The zero-order valence-corrected chi connectivity index (χ0v) is 14.7. The van der Waals surface area contributed by atoms with Crippen molar-refractivity contribution in [3.8, 4) is 10.6 Å². The Hall–Kier alpha value is -2.25. The number of carbonyl (C=O) groups excluding carboxylic acids is 1. The topological polar surface area (TPSA) is 73.9 Å². The molecule has 0 spiro atoms. The maximum absolute atomic E-state index is 12.7. The predicted octanol–water partition coefficient (Wildman–Crippen LogP) is 2.51. The number of carbonyl (C=O) groups is 1. The number of hydrogen-bond acceptors (Lipinski definition) is 5. The first kappa shape index (κ1) is 15.0. The highest BCUT2D eigenvalue weighted by molar-refractivity contribution is 7.13. The van der Waals surface area contributed by atoms with Crippen molar-refractivity contribution in [1.82, 2.24) is 25.4 Å². The monoisotopic (exact) mass is 353 g/mol. The highest BCUT2D eigenvalue weighted by Gasteiger charge is 2.43. The lowest BCUT2D eigenvalue weighted by molar-refractivity contribution is 0.0909. The quantitative estimate of drug-likeness (QED) is 0.759. The second kappa shape index (κ2) is 5.64. The molecule has 128 valence electrons. The number of nitrogens with one attached hydrogen (secondary N) is 2. The van der Waals surface area contributed by atoms with Crippen LogP contribution >= 0.6 is 11.3 Å². The number of amides is 1. The van der Waals surface area contributed by atoms with Crippen LogP contribution in [0.5, 0.6) is 0 Å². The number of rotatable bonds is 3. The summed E-state index contributed by atoms with van der Waals surface area (Å²) in [5.74, 6) is 0.495. The highest BCUT2D eigenvalue weighted by Crippen LogP contribution is 2.37. The van der Waals surface area contributed by atoms with Crippen molar-refractivity contribution in [3.63, 3.8) is 0 Å². The van der Waals surface area contributed by atoms with Gasteiger partial charge in [-0.05, 0) is 37.9 Å². The first-order valence-corrected chi connectivity index (χ1v) is 9.46. The third-order valence-corrected chi connectivity index (χ3v) is 6.41. The van der Waals surface area contributed by atoms with Crippen LogP contribution in [0, 0.1) is 5.92 Å². The molecule has 5 rings (SSSR count). The van der Waals surface area contributed by atoms with Crippen LogP contribution in [-0.4, -0.2) is 51.7 Å². The summed E-state index contributed by atoms with van der Waals surface area (Å²) >= 11 is 1.60. The van der Waals surface area contributed by atoms with Crippen molar-refractivity contribution in [1.29, 1.82) is 0 Å². The van der Waals surface area contributed by atoms with Gasteiger partial charge in [-0.1, -0.05) is 6.07 Å². The maximum Gasteiger partial charge on any atom is 0.272 e. The molecule has 2 bridgehead atoms. The molecule has 25 heavy (non-hydrogen) atoms. The van der Waals surface area contributed by atoms with Crippen molar-refractivity contribution in [3.05, 3.63) is 35.5 Å². The standard InChI is InChI=1S/C18H19N5OS/c1-23-9-11-6-12(23)8-14(11)20-17(24)16-13-3-2-10(7-15(13)21-22-16)18-19-4-5-25-18/h2-5,7,11-12,14H,6,8-9H2,1H3,(H,20,24)(H,21,22). The summed E-state index contributed by atoms with van der Waals surface area (Å²) in [6.45, 7) is 1.08. The number of fused-ring (bicyclic) bond motifs is 3. The first-order chi connectivity index (χ1) is 12.2. The van der Waals surface area contributed by atoms with Crippen molar-refractivity contribution >= 4 is 28.1 Å². The molecule has 0 radical (unpaired) electrons. The Kier molecular flexibility index (Phi) is 3.39. The van der Waals surface area contributed by atoms with E-state index in [1.807, 2.05) is 23.6 Å². The van der Waals surface area contributed by atoms with E-state index in [-0.39, 0.29) is 11.9 Å². The largest absolute Gasteiger partial charge is 0.348 e. The van der Waals surface area contributed by atoms with Gasteiger partial charge in [0.05, 0.1) is 5.52 Å². The number of H-pyrrole nitrogens is 1. The van der Waals surface area contributed by atoms with Gasteiger partial charge in [0, 0.05) is 41.2 Å². The van der Waals surface area contributed by atoms with Crippen LogP contribution in [0.2, 0.25) is 0 Å². The molecular formula is C18H19N5OS. The number of aromatic nitrogens is 3. The van der Waals surface area contributed by atoms with Crippen LogP contribution in [0.3, 0.4) is 0 Å². The van der Waals surface area contributed by atoms with E-state index in [0.29, 0.717) is 17.7 Å². The Labute approximate surface area is 149 Å². The second-order valence-corrected chi connectivity index (χ2v) is 7.97. The minimum absolute atomic E-state index is 0.0755. The number of likely N-dealkylation sites (tertiary alicyclic amines) is 1. The number of hydrogen-bond donors (Lipinski definition) is 2. The summed E-state index contributed by atoms with van der Waals surface area (Å²) in [5.41, 5.74) is 2.39. The van der Waals surface area contributed by atoms with Gasteiger partial charge in [0.15, 0.2) is 5.69 Å². The van der Waals surface area contributed by atoms with E-state index >= 15 is 0 Å². The normalized spacial score (nSPS) is 25.7. The fourth-order valence-corrected chi connectivity index (χ4v) is 4.92. The van der Waals surface area contributed by atoms with Gasteiger partial charge in [-0.3, -0.25) is 9.89 Å². The third kappa shape index (κ3) is 2.46. The molecule has 3 heterocycles. The molecule has 1 aliphatic heterocycles. The number of benzene rings is 1. The van der Waals surface area contributed by atoms with Gasteiger partial charge in [-0.2, -0.15) is 5.10 Å². The maximum atomic E-state index is 12.7. The Bertz CT molecular complexity index is 932. The van der Waals surface area contributed by atoms with E-state index in [9.17, 15) is 4.79 Å². The van der Waals surface area contributed by atoms with Crippen LogP contribution in [0.1, 0.15) is 23.3 Å². The molecule has 3 atom stereocenters. The molecular weight excluding hydrogens is 334 g/mol. The van der Waals surface area contributed by atoms with E-state index in [4.69, 9.17) is 0 Å². The van der Waals surface area contributed by atoms with Crippen molar-refractivity contribution in [2.45, 2.75) is 24.9 Å². The van der Waals surface area contributed by atoms with E-state index in [1.54, 1.807) is 17.5 Å². The van der Waals surface area contributed by atoms with Gasteiger partial charge >= 0.3 is 0 Å². The van der Waals surface area contributed by atoms with Crippen molar-refractivity contribution in [2.75, 3.05) is 13.6 Å². The summed E-state index contributed by atoms with van der Waals surface area (Å²) in [6, 6.07) is 6.85. The lowest BCUT2D eigenvalue weighted by Gasteiger charge is -2.28. The lowest BCUT2D eigenvalue weighted by atomic mass is 10.0. The highest BCUT2D eigenvalue weighted by atomic mass is 32.1. The average Bonchev–Trinajstić information content (AvgIpc) is 3.37. The SMILES string of the molecule is CN1CC2CC1CC2NC(=O)c1n[nH]c2cc(-c3nccs3)ccc12. The fourth-order valence-electron chi connectivity index (χ4n) is 4.28. The van der Waals surface area contributed by atoms with Crippen LogP contribution in [0.25, 0.3) is 21.5 Å². The summed E-state index contributed by atoms with van der Waals surface area (Å²) in [7, 11) is 2.17. The molecule has 7 heteroatoms. The molecule has 1 aromatic carbocycles. The van der Waals surface area contributed by atoms with Gasteiger partial charge in [0.2, 0.25) is 0 Å². The number of nitrogens with zero attached hydrogens (tertiary/aromatic N) is 3. The Balaban J connectivity index is 1.39. The molecule has 1 saturated heterocycles. The average molecular weight is 353 g/mol. The second-order valence-electron chi connectivity index (χ2n) is 7.07. The summed E-state index contributed by atoms with van der Waals surface area (Å²) in [4.78, 5) is 19.5. The summed E-state index contributed by atoms with van der Waals surface area (Å²) in [5, 5.41) is 14.3. The molecule has 1 aliphatic carbocycles. The molecule has 6 nitrogen and oxygen atoms in total. The molecule has 2 aliphatic rings. The van der Waals surface area contributed by atoms with E-state index in [0.717, 1.165) is 34.4 Å². The third-order valence-electron chi connectivity index (χ3n) is 5.59. The van der Waals surface area contributed by atoms with Gasteiger partial charge < -0.3 is 10.2 Å². The fraction of sp³-hybridized carbons (Fsp3) is 0.389. The summed E-state index contributed by atoms with van der Waals surface area (Å²) < 4.78 is 0. The number of piperidine rings is 1. The van der Waals surface area contributed by atoms with E-state index in [2.05, 4.69) is 32.4 Å². The zero-order chi connectivity index (χ0) is 17.0. The molecule has 3 aromatic rings. The minimum atomic E-state index is -0.0755. The molecule has 2 aromatic heterocycles. The van der Waals surface area contributed by atoms with Crippen LogP contribution in [0.4, 0.5) is 0 Å². The van der Waals surface area contributed by atoms with Crippen LogP contribution < -0.4 is 5.32 Å². The van der Waals surface area contributed by atoms with Gasteiger partial charge in [0.1, 0.15) is 5.01 Å².